The third-order valence-corrected chi connectivity index (χ3v) is 4.53. The Labute approximate surface area is 130 Å². The number of methoxy groups -OCH3 is 1. The molecule has 0 N–H and O–H groups in total. The Morgan fingerprint density at radius 1 is 1.17 bits per heavy atom. The molecule has 1 aromatic carbocycles. The largest absolute Gasteiger partial charge is 0.494 e. The van der Waals surface area contributed by atoms with Crippen molar-refractivity contribution in [2.75, 3.05) is 12.0 Å². The van der Waals surface area contributed by atoms with Crippen LogP contribution in [0, 0.1) is 22.0 Å². The number of nitrogens with zero attached hydrogens (tertiary/aromatic N) is 2. The van der Waals surface area contributed by atoms with Crippen molar-refractivity contribution in [2.45, 2.75) is 12.2 Å². The molecule has 8 nitrogen and oxygen atoms in total. The molecular weight excluding hydrogens is 304 g/mol. The molecule has 0 radical (unpaired) electrons. The van der Waals surface area contributed by atoms with Crippen LogP contribution in [-0.2, 0) is 14.3 Å². The van der Waals surface area contributed by atoms with Crippen molar-refractivity contribution in [1.82, 2.24) is 0 Å². The Balaban J connectivity index is 1.76. The van der Waals surface area contributed by atoms with Crippen molar-refractivity contribution in [1.29, 1.82) is 0 Å². The van der Waals surface area contributed by atoms with Crippen LogP contribution in [0.3, 0.4) is 0 Å². The van der Waals surface area contributed by atoms with Gasteiger partial charge >= 0.3 is 0 Å². The van der Waals surface area contributed by atoms with E-state index in [0.29, 0.717) is 0 Å². The average Bonchev–Trinajstić information content (AvgIpc) is 3.21. The van der Waals surface area contributed by atoms with E-state index in [1.807, 2.05) is 0 Å². The summed E-state index contributed by atoms with van der Waals surface area (Å²) < 4.78 is 10.7. The molecule has 3 aliphatic heterocycles. The fourth-order valence-corrected chi connectivity index (χ4v) is 3.51. The molecule has 8 heteroatoms. The van der Waals surface area contributed by atoms with Crippen LogP contribution < -0.4 is 9.64 Å². The Hall–Kier alpha value is -2.74. The zero-order valence-electron chi connectivity index (χ0n) is 12.0. The first kappa shape index (κ1) is 13.9. The van der Waals surface area contributed by atoms with Crippen molar-refractivity contribution in [3.63, 3.8) is 0 Å². The first-order valence-corrected chi connectivity index (χ1v) is 7.07. The minimum Gasteiger partial charge on any atom is -0.494 e. The summed E-state index contributed by atoms with van der Waals surface area (Å²) in [6.45, 7) is 0. The summed E-state index contributed by atoms with van der Waals surface area (Å²) >= 11 is 0. The average molecular weight is 316 g/mol. The number of carbonyl (C=O) groups is 2. The molecule has 4 atom stereocenters. The summed E-state index contributed by atoms with van der Waals surface area (Å²) in [7, 11) is 1.34. The monoisotopic (exact) mass is 316 g/mol. The van der Waals surface area contributed by atoms with Gasteiger partial charge in [-0.05, 0) is 6.07 Å². The van der Waals surface area contributed by atoms with E-state index in [1.54, 1.807) is 12.2 Å². The number of hydrogen-bond donors (Lipinski definition) is 0. The Morgan fingerprint density at radius 2 is 1.78 bits per heavy atom. The predicted octanol–water partition coefficient (Wildman–Crippen LogP) is 1.05. The smallest absolute Gasteiger partial charge is 0.273 e. The maximum Gasteiger partial charge on any atom is 0.273 e. The Kier molecular flexibility index (Phi) is 2.79. The maximum absolute atomic E-state index is 12.7. The van der Waals surface area contributed by atoms with Gasteiger partial charge in [0.25, 0.3) is 5.69 Å². The molecule has 23 heavy (non-hydrogen) atoms. The summed E-state index contributed by atoms with van der Waals surface area (Å²) in [5, 5.41) is 10.9. The molecule has 0 aromatic heterocycles. The van der Waals surface area contributed by atoms with Crippen molar-refractivity contribution < 1.29 is 24.0 Å². The van der Waals surface area contributed by atoms with Crippen LogP contribution in [-0.4, -0.2) is 36.1 Å². The van der Waals surface area contributed by atoms with Crippen LogP contribution in [0.1, 0.15) is 0 Å². The van der Waals surface area contributed by atoms with Gasteiger partial charge in [0.05, 0.1) is 47.8 Å². The number of nitro benzene ring substituents is 1. The van der Waals surface area contributed by atoms with Gasteiger partial charge in [-0.3, -0.25) is 19.7 Å². The highest BCUT2D eigenvalue weighted by Crippen LogP contribution is 2.47. The van der Waals surface area contributed by atoms with Gasteiger partial charge in [0.1, 0.15) is 5.75 Å². The molecule has 4 unspecified atom stereocenters. The van der Waals surface area contributed by atoms with E-state index in [0.717, 1.165) is 4.90 Å². The van der Waals surface area contributed by atoms with E-state index in [4.69, 9.17) is 9.47 Å². The van der Waals surface area contributed by atoms with Crippen LogP contribution in [0.5, 0.6) is 5.75 Å². The number of carbonyl (C=O) groups excluding carboxylic acids is 2. The quantitative estimate of drug-likeness (QED) is 0.358. The lowest BCUT2D eigenvalue weighted by Gasteiger charge is -2.19. The lowest BCUT2D eigenvalue weighted by molar-refractivity contribution is -0.384. The number of nitro groups is 1. The Morgan fingerprint density at radius 3 is 2.30 bits per heavy atom. The topological polar surface area (TPSA) is 99.0 Å². The molecule has 2 amide bonds. The van der Waals surface area contributed by atoms with E-state index in [1.165, 1.54) is 25.3 Å². The highest BCUT2D eigenvalue weighted by atomic mass is 16.6. The molecule has 1 aromatic rings. The van der Waals surface area contributed by atoms with Gasteiger partial charge in [0, 0.05) is 6.07 Å². The van der Waals surface area contributed by atoms with Crippen LogP contribution in [0.2, 0.25) is 0 Å². The van der Waals surface area contributed by atoms with Crippen molar-refractivity contribution in [2.24, 2.45) is 11.8 Å². The van der Waals surface area contributed by atoms with E-state index >= 15 is 0 Å². The number of hydrogen-bond acceptors (Lipinski definition) is 6. The number of anilines is 1. The fraction of sp³-hybridized carbons (Fsp3) is 0.333. The van der Waals surface area contributed by atoms with Gasteiger partial charge in [-0.1, -0.05) is 12.2 Å². The van der Waals surface area contributed by atoms with Gasteiger partial charge in [-0.25, -0.2) is 4.90 Å². The second-order valence-electron chi connectivity index (χ2n) is 5.63. The summed E-state index contributed by atoms with van der Waals surface area (Å²) in [5.41, 5.74) is 0.0526. The standard InChI is InChI=1S/C15H12N2O6/c1-22-11-6-7(17(20)21)2-3-8(11)16-14(18)12-9-4-5-10(23-9)13(12)15(16)19/h2-6,9-10,12-13H,1H3. The molecule has 118 valence electrons. The fourth-order valence-electron chi connectivity index (χ4n) is 3.51. The third kappa shape index (κ3) is 1.75. The van der Waals surface area contributed by atoms with Crippen molar-refractivity contribution in [3.8, 4) is 5.75 Å². The van der Waals surface area contributed by atoms with E-state index < -0.39 is 16.8 Å². The normalized spacial score (nSPS) is 30.9. The van der Waals surface area contributed by atoms with Crippen LogP contribution in [0.4, 0.5) is 11.4 Å². The highest BCUT2D eigenvalue weighted by molar-refractivity contribution is 6.23. The minimum absolute atomic E-state index is 0.113. The van der Waals surface area contributed by atoms with Crippen LogP contribution in [0.15, 0.2) is 30.4 Å². The molecule has 2 fully saturated rings. The van der Waals surface area contributed by atoms with E-state index in [2.05, 4.69) is 0 Å². The van der Waals surface area contributed by atoms with Gasteiger partial charge in [0.2, 0.25) is 11.8 Å². The molecule has 4 rings (SSSR count). The van der Waals surface area contributed by atoms with Crippen LogP contribution >= 0.6 is 0 Å². The maximum atomic E-state index is 12.7. The van der Waals surface area contributed by atoms with E-state index in [-0.39, 0.29) is 41.1 Å². The molecule has 2 bridgehead atoms. The number of rotatable bonds is 3. The Bertz CT molecular complexity index is 743. The zero-order valence-corrected chi connectivity index (χ0v) is 12.0. The number of fused-ring (bicyclic) bond motifs is 5. The van der Waals surface area contributed by atoms with Gasteiger partial charge < -0.3 is 9.47 Å². The summed E-state index contributed by atoms with van der Waals surface area (Å²) in [6, 6.07) is 3.81. The number of benzene rings is 1. The molecule has 3 heterocycles. The zero-order chi connectivity index (χ0) is 16.3. The molecule has 0 aliphatic carbocycles. The number of non-ortho nitro benzene ring substituents is 1. The molecule has 0 spiro atoms. The summed E-state index contributed by atoms with van der Waals surface area (Å²) in [4.78, 5) is 36.7. The van der Waals surface area contributed by atoms with Crippen molar-refractivity contribution in [3.05, 3.63) is 40.5 Å². The van der Waals surface area contributed by atoms with Crippen LogP contribution in [0.25, 0.3) is 0 Å². The van der Waals surface area contributed by atoms with E-state index in [9.17, 15) is 19.7 Å². The lowest BCUT2D eigenvalue weighted by Crippen LogP contribution is -2.34. The minimum atomic E-state index is -0.563. The number of ether oxygens (including phenoxy) is 2. The summed E-state index contributed by atoms with van der Waals surface area (Å²) in [5.74, 6) is -1.66. The van der Waals surface area contributed by atoms with Gasteiger partial charge in [-0.2, -0.15) is 0 Å². The third-order valence-electron chi connectivity index (χ3n) is 4.53. The molecule has 0 saturated carbocycles. The number of imide groups is 1. The predicted molar refractivity (Wildman–Crippen MR) is 76.9 cm³/mol. The first-order chi connectivity index (χ1) is 11.0. The molecular formula is C15H12N2O6. The number of amides is 2. The van der Waals surface area contributed by atoms with Gasteiger partial charge in [-0.15, -0.1) is 0 Å². The molecule has 3 aliphatic rings. The van der Waals surface area contributed by atoms with Crippen molar-refractivity contribution >= 4 is 23.2 Å². The lowest BCUT2D eigenvalue weighted by atomic mass is 9.85. The second kappa shape index (κ2) is 4.63. The molecule has 2 saturated heterocycles. The second-order valence-corrected chi connectivity index (χ2v) is 5.63. The SMILES string of the molecule is COc1cc([N+](=O)[O-])ccc1N1C(=O)C2C3C=CC(O3)C2C1=O. The first-order valence-electron chi connectivity index (χ1n) is 7.07. The van der Waals surface area contributed by atoms with Gasteiger partial charge in [0.15, 0.2) is 0 Å². The highest BCUT2D eigenvalue weighted by Gasteiger charge is 2.61. The summed E-state index contributed by atoms with van der Waals surface area (Å²) in [6.07, 6.45) is 2.84.